The molecule has 5 nitrogen and oxygen atoms in total. The van der Waals surface area contributed by atoms with E-state index in [1.807, 2.05) is 49.6 Å². The second-order valence-electron chi connectivity index (χ2n) is 6.19. The molecule has 0 aliphatic carbocycles. The fourth-order valence-corrected chi connectivity index (χ4v) is 2.71. The molecule has 1 aliphatic heterocycles. The predicted octanol–water partition coefficient (Wildman–Crippen LogP) is 3.21. The highest BCUT2D eigenvalue weighted by Crippen LogP contribution is 2.33. The summed E-state index contributed by atoms with van der Waals surface area (Å²) in [6.07, 6.45) is 0.502. The van der Waals surface area contributed by atoms with E-state index in [4.69, 9.17) is 4.74 Å². The summed E-state index contributed by atoms with van der Waals surface area (Å²) in [4.78, 5) is 25.2. The Bertz CT molecular complexity index is 725. The predicted molar refractivity (Wildman–Crippen MR) is 80.9 cm³/mol. The molecular weight excluding hydrogens is 268 g/mol. The van der Waals surface area contributed by atoms with E-state index < -0.39 is 5.60 Å². The fraction of sp³-hybridized carbons (Fsp3) is 0.375. The van der Waals surface area contributed by atoms with Gasteiger partial charge in [0.1, 0.15) is 5.60 Å². The van der Waals surface area contributed by atoms with E-state index >= 15 is 0 Å². The number of amides is 1. The van der Waals surface area contributed by atoms with Crippen molar-refractivity contribution < 1.29 is 14.3 Å². The van der Waals surface area contributed by atoms with Gasteiger partial charge in [0.05, 0.1) is 16.9 Å². The summed E-state index contributed by atoms with van der Waals surface area (Å²) in [5.41, 5.74) is 1.82. The van der Waals surface area contributed by atoms with Crippen molar-refractivity contribution in [2.24, 2.45) is 0 Å². The van der Waals surface area contributed by atoms with E-state index in [0.717, 1.165) is 22.9 Å². The van der Waals surface area contributed by atoms with Crippen molar-refractivity contribution in [3.05, 3.63) is 30.0 Å². The van der Waals surface area contributed by atoms with Crippen LogP contribution in [-0.4, -0.2) is 29.1 Å². The monoisotopic (exact) mass is 286 g/mol. The van der Waals surface area contributed by atoms with Crippen molar-refractivity contribution in [1.82, 2.24) is 4.57 Å². The van der Waals surface area contributed by atoms with Crippen LogP contribution in [0.5, 0.6) is 0 Å². The number of para-hydroxylation sites is 1. The van der Waals surface area contributed by atoms with Gasteiger partial charge in [0.15, 0.2) is 6.29 Å². The first kappa shape index (κ1) is 13.7. The topological polar surface area (TPSA) is 51.5 Å². The third-order valence-electron chi connectivity index (χ3n) is 3.50. The molecule has 0 N–H and O–H groups in total. The lowest BCUT2D eigenvalue weighted by atomic mass is 10.2. The summed E-state index contributed by atoms with van der Waals surface area (Å²) in [6, 6.07) is 7.57. The van der Waals surface area contributed by atoms with Crippen molar-refractivity contribution in [1.29, 1.82) is 0 Å². The van der Waals surface area contributed by atoms with Crippen LogP contribution in [0.1, 0.15) is 31.3 Å². The number of hydrogen-bond donors (Lipinski definition) is 0. The van der Waals surface area contributed by atoms with Gasteiger partial charge in [-0.15, -0.1) is 0 Å². The lowest BCUT2D eigenvalue weighted by Crippen LogP contribution is -2.40. The molecule has 1 aromatic heterocycles. The van der Waals surface area contributed by atoms with Gasteiger partial charge in [-0.2, -0.15) is 0 Å². The smallest absolute Gasteiger partial charge is 0.414 e. The zero-order valence-corrected chi connectivity index (χ0v) is 12.4. The number of hydrogen-bond acceptors (Lipinski definition) is 3. The molecule has 0 saturated heterocycles. The van der Waals surface area contributed by atoms with Gasteiger partial charge in [-0.25, -0.2) is 4.79 Å². The van der Waals surface area contributed by atoms with Crippen LogP contribution in [0.2, 0.25) is 0 Å². The second-order valence-corrected chi connectivity index (χ2v) is 6.19. The zero-order chi connectivity index (χ0) is 15.2. The lowest BCUT2D eigenvalue weighted by Gasteiger charge is -2.31. The number of benzene rings is 1. The Morgan fingerprint density at radius 2 is 2.05 bits per heavy atom. The molecule has 21 heavy (non-hydrogen) atoms. The maximum absolute atomic E-state index is 12.4. The van der Waals surface area contributed by atoms with E-state index in [9.17, 15) is 9.59 Å². The van der Waals surface area contributed by atoms with Gasteiger partial charge in [-0.05, 0) is 32.9 Å². The van der Waals surface area contributed by atoms with Crippen molar-refractivity contribution in [3.63, 3.8) is 0 Å². The Hall–Kier alpha value is -2.30. The highest BCUT2D eigenvalue weighted by molar-refractivity contribution is 6.03. The highest BCUT2D eigenvalue weighted by atomic mass is 16.6. The Labute approximate surface area is 123 Å². The summed E-state index contributed by atoms with van der Waals surface area (Å²) >= 11 is 0. The van der Waals surface area contributed by atoms with Crippen molar-refractivity contribution >= 4 is 29.0 Å². The maximum atomic E-state index is 12.4. The molecule has 0 spiro atoms. The van der Waals surface area contributed by atoms with Crippen LogP contribution in [0.15, 0.2) is 24.3 Å². The van der Waals surface area contributed by atoms with Crippen LogP contribution in [0, 0.1) is 0 Å². The van der Waals surface area contributed by atoms with E-state index in [2.05, 4.69) is 0 Å². The summed E-state index contributed by atoms with van der Waals surface area (Å²) in [6.45, 7) is 6.64. The molecule has 1 aromatic carbocycles. The molecule has 1 amide bonds. The largest absolute Gasteiger partial charge is 0.443 e. The average Bonchev–Trinajstić information content (AvgIpc) is 2.77. The normalized spacial score (nSPS) is 14.3. The molecule has 1 aliphatic rings. The van der Waals surface area contributed by atoms with Gasteiger partial charge in [0.25, 0.3) is 0 Å². The van der Waals surface area contributed by atoms with Crippen LogP contribution in [0.4, 0.5) is 10.5 Å². The molecule has 0 bridgehead atoms. The summed E-state index contributed by atoms with van der Waals surface area (Å²) < 4.78 is 7.42. The van der Waals surface area contributed by atoms with E-state index in [0.29, 0.717) is 18.8 Å². The third kappa shape index (κ3) is 2.28. The number of carbonyl (C=O) groups is 2. The molecule has 3 rings (SSSR count). The zero-order valence-electron chi connectivity index (χ0n) is 12.4. The van der Waals surface area contributed by atoms with Crippen LogP contribution in [0.3, 0.4) is 0 Å². The molecule has 0 atom stereocenters. The number of ether oxygens (including phenoxy) is 1. The van der Waals surface area contributed by atoms with Crippen molar-refractivity contribution in [2.45, 2.75) is 32.9 Å². The molecule has 110 valence electrons. The quantitative estimate of drug-likeness (QED) is 0.756. The maximum Gasteiger partial charge on any atom is 0.414 e. The molecule has 0 radical (unpaired) electrons. The van der Waals surface area contributed by atoms with Gasteiger partial charge in [-0.3, -0.25) is 9.69 Å². The van der Waals surface area contributed by atoms with Crippen LogP contribution < -0.4 is 4.90 Å². The summed E-state index contributed by atoms with van der Waals surface area (Å²) in [5.74, 6) is 0. The number of aromatic nitrogens is 1. The van der Waals surface area contributed by atoms with Crippen LogP contribution in [0.25, 0.3) is 10.9 Å². The molecule has 0 fully saturated rings. The molecule has 5 heteroatoms. The standard InChI is InChI=1S/C16H18N2O3/c1-16(2,3)21-15(20)18-8-7-17-12(10-19)9-11-5-4-6-13(18)14(11)17/h4-6,9-10H,7-8H2,1-3H3. The summed E-state index contributed by atoms with van der Waals surface area (Å²) in [7, 11) is 0. The minimum Gasteiger partial charge on any atom is -0.443 e. The van der Waals surface area contributed by atoms with Gasteiger partial charge in [0, 0.05) is 18.5 Å². The van der Waals surface area contributed by atoms with E-state index in [1.165, 1.54) is 0 Å². The first-order valence-electron chi connectivity index (χ1n) is 6.98. The van der Waals surface area contributed by atoms with Gasteiger partial charge in [-0.1, -0.05) is 12.1 Å². The number of rotatable bonds is 1. The Kier molecular flexibility index (Phi) is 3.01. The Morgan fingerprint density at radius 1 is 1.29 bits per heavy atom. The van der Waals surface area contributed by atoms with Gasteiger partial charge in [0.2, 0.25) is 0 Å². The first-order chi connectivity index (χ1) is 9.90. The van der Waals surface area contributed by atoms with Crippen molar-refractivity contribution in [3.8, 4) is 0 Å². The Balaban J connectivity index is 2.08. The number of anilines is 1. The number of nitrogens with zero attached hydrogens (tertiary/aromatic N) is 2. The second kappa shape index (κ2) is 4.62. The van der Waals surface area contributed by atoms with Crippen molar-refractivity contribution in [2.75, 3.05) is 11.4 Å². The highest BCUT2D eigenvalue weighted by Gasteiger charge is 2.29. The number of carbonyl (C=O) groups excluding carboxylic acids is 2. The van der Waals surface area contributed by atoms with Crippen LogP contribution in [-0.2, 0) is 11.3 Å². The average molecular weight is 286 g/mol. The molecule has 2 heterocycles. The van der Waals surface area contributed by atoms with Crippen LogP contribution >= 0.6 is 0 Å². The van der Waals surface area contributed by atoms with Gasteiger partial charge >= 0.3 is 6.09 Å². The molecule has 2 aromatic rings. The number of aldehydes is 1. The lowest BCUT2D eigenvalue weighted by molar-refractivity contribution is 0.0578. The molecule has 0 unspecified atom stereocenters. The fourth-order valence-electron chi connectivity index (χ4n) is 2.71. The minimum absolute atomic E-state index is 0.352. The molecule has 0 saturated carbocycles. The molecular formula is C16H18N2O3. The Morgan fingerprint density at radius 3 is 2.71 bits per heavy atom. The first-order valence-corrected chi connectivity index (χ1v) is 6.98. The minimum atomic E-state index is -0.529. The summed E-state index contributed by atoms with van der Waals surface area (Å²) in [5, 5.41) is 0.961. The van der Waals surface area contributed by atoms with E-state index in [-0.39, 0.29) is 6.09 Å². The van der Waals surface area contributed by atoms with Gasteiger partial charge < -0.3 is 9.30 Å². The third-order valence-corrected chi connectivity index (χ3v) is 3.50. The SMILES string of the molecule is CC(C)(C)OC(=O)N1CCn2c(C=O)cc3cccc1c32. The van der Waals surface area contributed by atoms with E-state index in [1.54, 1.807) is 4.90 Å².